The molecular weight excluding hydrogens is 803 g/mol. The van der Waals surface area contributed by atoms with Crippen molar-refractivity contribution in [2.75, 3.05) is 13.2 Å². The first-order chi connectivity index (χ1) is 29.4. The van der Waals surface area contributed by atoms with Crippen molar-refractivity contribution < 1.29 is 63.1 Å². The predicted molar refractivity (Wildman–Crippen MR) is 239 cm³/mol. The van der Waals surface area contributed by atoms with Gasteiger partial charge in [-0.15, -0.1) is 0 Å². The molecule has 14 heteroatoms. The average molecular weight is 885 g/mol. The van der Waals surface area contributed by atoms with Gasteiger partial charge in [-0.1, -0.05) is 139 Å². The van der Waals surface area contributed by atoms with Gasteiger partial charge in [-0.2, -0.15) is 0 Å². The van der Waals surface area contributed by atoms with Crippen LogP contribution in [0, 0.1) is 0 Å². The van der Waals surface area contributed by atoms with E-state index < -0.39 is 75.7 Å². The fourth-order valence-electron chi connectivity index (χ4n) is 6.57. The molecule has 0 spiro atoms. The number of phosphoric acid groups is 1. The maximum absolute atomic E-state index is 12.8. The van der Waals surface area contributed by atoms with Gasteiger partial charge in [-0.25, -0.2) is 4.57 Å². The van der Waals surface area contributed by atoms with Crippen LogP contribution in [0.5, 0.6) is 0 Å². The zero-order valence-corrected chi connectivity index (χ0v) is 38.1. The highest BCUT2D eigenvalue weighted by atomic mass is 31.2. The van der Waals surface area contributed by atoms with Gasteiger partial charge in [0.25, 0.3) is 0 Å². The Balaban J connectivity index is 2.53. The lowest BCUT2D eigenvalue weighted by molar-refractivity contribution is -0.220. The summed E-state index contributed by atoms with van der Waals surface area (Å²) < 4.78 is 33.4. The van der Waals surface area contributed by atoms with E-state index in [9.17, 15) is 44.6 Å². The largest absolute Gasteiger partial charge is 0.472 e. The van der Waals surface area contributed by atoms with Crippen LogP contribution in [0.2, 0.25) is 0 Å². The summed E-state index contributed by atoms with van der Waals surface area (Å²) in [5.41, 5.74) is 0. The summed E-state index contributed by atoms with van der Waals surface area (Å²) in [5.74, 6) is -1.20. The Hall–Kier alpha value is -2.45. The number of carbonyl (C=O) groups is 2. The molecule has 0 radical (unpaired) electrons. The zero-order valence-electron chi connectivity index (χ0n) is 37.2. The second-order valence-electron chi connectivity index (χ2n) is 15.9. The molecule has 0 amide bonds. The standard InChI is InChI=1S/C47H81O13P/c1-3-5-7-9-11-13-15-17-19-20-22-24-26-28-30-32-34-36-41(49)59-39(38-58-61(55,56)60-47-45(53)43(51)42(50)44(52)46(47)54)37-57-40(48)35-33-31-29-27-25-23-21-18-16-14-12-10-8-6-4-2/h12,14,18,21-22,24-25,27-28,30,39,42-47,50-54H,3-11,13,15-17,19-20,23,26,29,31-38H2,1-2H3,(H,55,56)/b14-12+,21-18+,24-22+,27-25+,30-28+/t39-,42?,43+,44?,45?,46?,47?/m1/s1. The molecule has 0 aromatic rings. The van der Waals surface area contributed by atoms with E-state index in [-0.39, 0.29) is 12.8 Å². The molecule has 1 aliphatic carbocycles. The van der Waals surface area contributed by atoms with Crippen molar-refractivity contribution in [2.45, 2.75) is 211 Å². The van der Waals surface area contributed by atoms with Gasteiger partial charge in [0.1, 0.15) is 43.2 Å². The number of hydrogen-bond acceptors (Lipinski definition) is 12. The SMILES string of the molecule is CCCCC/C=C/C/C=C/C/C=C/CCCCC(=O)OC[C@H](COP(=O)(O)OC1C(O)C(O)C(O)[C@H](O)C1O)OC(=O)CCC/C=C/C/C=C/CCCCCCCCCCC. The first-order valence-corrected chi connectivity index (χ1v) is 24.6. The summed E-state index contributed by atoms with van der Waals surface area (Å²) >= 11 is 0. The molecule has 1 fully saturated rings. The molecule has 6 unspecified atom stereocenters. The van der Waals surface area contributed by atoms with Crippen molar-refractivity contribution in [3.05, 3.63) is 60.8 Å². The number of phosphoric ester groups is 1. The number of unbranched alkanes of at least 4 members (excludes halogenated alkanes) is 15. The number of esters is 2. The van der Waals surface area contributed by atoms with Gasteiger partial charge in [0.05, 0.1) is 6.61 Å². The highest BCUT2D eigenvalue weighted by Crippen LogP contribution is 2.47. The second kappa shape index (κ2) is 37.0. The summed E-state index contributed by atoms with van der Waals surface area (Å²) in [6, 6.07) is 0. The predicted octanol–water partition coefficient (Wildman–Crippen LogP) is 8.94. The van der Waals surface area contributed by atoms with Crippen LogP contribution in [0.3, 0.4) is 0 Å². The molecule has 61 heavy (non-hydrogen) atoms. The Kier molecular flexibility index (Phi) is 34.3. The van der Waals surface area contributed by atoms with Crippen molar-refractivity contribution in [2.24, 2.45) is 0 Å². The maximum atomic E-state index is 12.8. The van der Waals surface area contributed by atoms with Crippen molar-refractivity contribution >= 4 is 19.8 Å². The molecule has 0 aromatic carbocycles. The van der Waals surface area contributed by atoms with E-state index in [1.54, 1.807) is 0 Å². The normalized spacial score (nSPS) is 22.6. The van der Waals surface area contributed by atoms with E-state index in [0.717, 1.165) is 44.9 Å². The molecule has 0 aliphatic heterocycles. The smallest absolute Gasteiger partial charge is 0.462 e. The summed E-state index contributed by atoms with van der Waals surface area (Å²) in [6.45, 7) is 3.19. The molecular formula is C47H81O13P. The van der Waals surface area contributed by atoms with Gasteiger partial charge in [0, 0.05) is 12.8 Å². The average Bonchev–Trinajstić information content (AvgIpc) is 3.24. The second-order valence-corrected chi connectivity index (χ2v) is 17.3. The van der Waals surface area contributed by atoms with E-state index in [2.05, 4.69) is 62.5 Å². The van der Waals surface area contributed by atoms with Gasteiger partial charge >= 0.3 is 19.8 Å². The van der Waals surface area contributed by atoms with Gasteiger partial charge < -0.3 is 39.9 Å². The lowest BCUT2D eigenvalue weighted by atomic mass is 9.85. The number of aliphatic hydroxyl groups excluding tert-OH is 5. The number of hydrogen-bond donors (Lipinski definition) is 6. The van der Waals surface area contributed by atoms with Crippen LogP contribution >= 0.6 is 7.82 Å². The van der Waals surface area contributed by atoms with Gasteiger partial charge in [-0.05, 0) is 77.0 Å². The highest BCUT2D eigenvalue weighted by Gasteiger charge is 2.51. The van der Waals surface area contributed by atoms with Gasteiger partial charge in [0.2, 0.25) is 0 Å². The number of ether oxygens (including phenoxy) is 2. The van der Waals surface area contributed by atoms with Crippen LogP contribution in [0.4, 0.5) is 0 Å². The van der Waals surface area contributed by atoms with Crippen molar-refractivity contribution in [1.29, 1.82) is 0 Å². The molecule has 1 aliphatic rings. The quantitative estimate of drug-likeness (QED) is 0.0149. The summed E-state index contributed by atoms with van der Waals surface area (Å²) in [7, 11) is -5.14. The Bertz CT molecular complexity index is 1300. The maximum Gasteiger partial charge on any atom is 0.472 e. The fourth-order valence-corrected chi connectivity index (χ4v) is 7.54. The minimum atomic E-state index is -5.14. The summed E-state index contributed by atoms with van der Waals surface area (Å²) in [5, 5.41) is 50.1. The van der Waals surface area contributed by atoms with E-state index in [1.165, 1.54) is 77.0 Å². The van der Waals surface area contributed by atoms with Crippen molar-refractivity contribution in [1.82, 2.24) is 0 Å². The number of aliphatic hydroxyl groups is 5. The molecule has 0 saturated heterocycles. The Morgan fingerprint density at radius 2 is 0.902 bits per heavy atom. The third kappa shape index (κ3) is 29.5. The minimum absolute atomic E-state index is 0.0224. The van der Waals surface area contributed by atoms with E-state index in [4.69, 9.17) is 18.5 Å². The summed E-state index contributed by atoms with van der Waals surface area (Å²) in [4.78, 5) is 35.6. The third-order valence-electron chi connectivity index (χ3n) is 10.3. The molecule has 0 aromatic heterocycles. The van der Waals surface area contributed by atoms with Crippen molar-refractivity contribution in [3.8, 4) is 0 Å². The van der Waals surface area contributed by atoms with Gasteiger partial charge in [-0.3, -0.25) is 18.6 Å². The van der Waals surface area contributed by atoms with Crippen LogP contribution in [-0.2, 0) is 32.7 Å². The minimum Gasteiger partial charge on any atom is -0.462 e. The van der Waals surface area contributed by atoms with E-state index in [0.29, 0.717) is 19.3 Å². The number of allylic oxidation sites excluding steroid dienone is 10. The first-order valence-electron chi connectivity index (χ1n) is 23.1. The lowest BCUT2D eigenvalue weighted by Crippen LogP contribution is -2.64. The Morgan fingerprint density at radius 1 is 0.508 bits per heavy atom. The van der Waals surface area contributed by atoms with Crippen LogP contribution in [0.1, 0.15) is 168 Å². The van der Waals surface area contributed by atoms with Crippen LogP contribution in [0.25, 0.3) is 0 Å². The van der Waals surface area contributed by atoms with E-state index >= 15 is 0 Å². The van der Waals surface area contributed by atoms with Gasteiger partial charge in [0.15, 0.2) is 6.10 Å². The molecule has 1 saturated carbocycles. The molecule has 13 nitrogen and oxygen atoms in total. The van der Waals surface area contributed by atoms with E-state index in [1.807, 2.05) is 12.2 Å². The Morgan fingerprint density at radius 3 is 1.43 bits per heavy atom. The monoisotopic (exact) mass is 885 g/mol. The zero-order chi connectivity index (χ0) is 45.0. The molecule has 1 rings (SSSR count). The fraction of sp³-hybridized carbons (Fsp3) is 0.745. The molecule has 0 heterocycles. The molecule has 0 bridgehead atoms. The summed E-state index contributed by atoms with van der Waals surface area (Å²) in [6.07, 6.45) is 31.4. The number of rotatable bonds is 37. The third-order valence-corrected chi connectivity index (χ3v) is 11.3. The lowest BCUT2D eigenvalue weighted by Gasteiger charge is -2.41. The topological polar surface area (TPSA) is 210 Å². The Labute approximate surface area is 366 Å². The highest BCUT2D eigenvalue weighted by molar-refractivity contribution is 7.47. The van der Waals surface area contributed by atoms with Crippen LogP contribution < -0.4 is 0 Å². The molecule has 352 valence electrons. The first kappa shape index (κ1) is 56.6. The number of carbonyl (C=O) groups excluding carboxylic acids is 2. The van der Waals surface area contributed by atoms with Crippen LogP contribution in [0.15, 0.2) is 60.8 Å². The van der Waals surface area contributed by atoms with Crippen LogP contribution in [-0.4, -0.2) is 98.3 Å². The molecule has 8 atom stereocenters. The van der Waals surface area contributed by atoms with Crippen molar-refractivity contribution in [3.63, 3.8) is 0 Å². The molecule has 6 N–H and O–H groups in total.